The molecule has 0 aliphatic carbocycles. The summed E-state index contributed by atoms with van der Waals surface area (Å²) in [5.41, 5.74) is 2.19. The Balaban J connectivity index is 0.00000450. The molecule has 0 saturated heterocycles. The van der Waals surface area contributed by atoms with E-state index in [9.17, 15) is 0 Å². The molecule has 0 unspecified atom stereocenters. The molecule has 0 aliphatic heterocycles. The minimum absolute atomic E-state index is 0. The number of hydrogen-bond donors (Lipinski definition) is 2. The van der Waals surface area contributed by atoms with Crippen LogP contribution in [0, 0.1) is 0 Å². The topological polar surface area (TPSA) is 88.3 Å². The quantitative estimate of drug-likeness (QED) is 0.459. The summed E-state index contributed by atoms with van der Waals surface area (Å²) in [6.45, 7) is 8.06. The average molecular weight is 411 g/mol. The van der Waals surface area contributed by atoms with Gasteiger partial charge in [0.1, 0.15) is 23.9 Å². The van der Waals surface area contributed by atoms with Crippen molar-refractivity contribution in [2.45, 2.75) is 21.3 Å². The minimum atomic E-state index is -0.0515. The summed E-state index contributed by atoms with van der Waals surface area (Å²) in [5.74, 6) is 2.26. The Morgan fingerprint density at radius 3 is 2.60 bits per heavy atom. The molecule has 0 spiro atoms. The van der Waals surface area contributed by atoms with Crippen LogP contribution >= 0.6 is 0 Å². The Bertz CT molecular complexity index is 903. The summed E-state index contributed by atoms with van der Waals surface area (Å²) in [7, 11) is 1.71. The van der Waals surface area contributed by atoms with Gasteiger partial charge in [0.25, 0.3) is 0 Å². The Morgan fingerprint density at radius 2 is 2.00 bits per heavy atom. The van der Waals surface area contributed by atoms with Gasteiger partial charge >= 0.3 is 0 Å². The number of amidine groups is 1. The van der Waals surface area contributed by atoms with Gasteiger partial charge in [0.15, 0.2) is 0 Å². The van der Waals surface area contributed by atoms with Crippen molar-refractivity contribution in [1.82, 2.24) is 10.3 Å². The molecule has 2 rings (SSSR count). The number of nitrogens with one attached hydrogen (secondary N) is 1. The Hall–Kier alpha value is -3.45. The normalized spacial score (nSPS) is 11.4. The van der Waals surface area contributed by atoms with Crippen LogP contribution in [0.4, 0.5) is 5.69 Å². The lowest BCUT2D eigenvalue weighted by atomic mass is 10.1. The zero-order valence-electron chi connectivity index (χ0n) is 16.9. The average Bonchev–Trinajstić information content (AvgIpc) is 2.74. The summed E-state index contributed by atoms with van der Waals surface area (Å²) in [6.07, 6.45) is 7.02. The standard InChI is InChI=1S/C22H26N4O3.CH4/c1-5-7-21(23-4)26-16(3)19-14-17(8-10-20(19)24-6-2)29-22-11-9-18(15-25-22)28-13-12-27;/h5-11,14-15,27H,3,12-13H2,1-2,4H3,(H,23,26);1H4/b7-5-,24-6?;. The van der Waals surface area contributed by atoms with Crippen LogP contribution in [0.2, 0.25) is 0 Å². The lowest BCUT2D eigenvalue weighted by Gasteiger charge is -2.14. The molecule has 1 aromatic heterocycles. The van der Waals surface area contributed by atoms with E-state index >= 15 is 0 Å². The van der Waals surface area contributed by atoms with E-state index in [1.54, 1.807) is 31.6 Å². The van der Waals surface area contributed by atoms with Gasteiger partial charge in [0.05, 0.1) is 18.5 Å². The van der Waals surface area contributed by atoms with Crippen LogP contribution in [-0.4, -0.2) is 42.4 Å². The molecule has 0 bridgehead atoms. The van der Waals surface area contributed by atoms with Gasteiger partial charge in [-0.2, -0.15) is 0 Å². The fourth-order valence-corrected chi connectivity index (χ4v) is 2.42. The first-order valence-corrected chi connectivity index (χ1v) is 9.17. The van der Waals surface area contributed by atoms with E-state index < -0.39 is 0 Å². The molecule has 1 aromatic carbocycles. The highest BCUT2D eigenvalue weighted by Crippen LogP contribution is 2.31. The molecule has 7 nitrogen and oxygen atoms in total. The number of aliphatic imine (C=N–C) groups is 2. The molecule has 0 atom stereocenters. The van der Waals surface area contributed by atoms with Crippen molar-refractivity contribution in [3.05, 3.63) is 60.8 Å². The lowest BCUT2D eigenvalue weighted by molar-refractivity contribution is 0.201. The van der Waals surface area contributed by atoms with Crippen LogP contribution in [0.1, 0.15) is 26.8 Å². The monoisotopic (exact) mass is 410 g/mol. The van der Waals surface area contributed by atoms with Crippen molar-refractivity contribution >= 4 is 23.4 Å². The van der Waals surface area contributed by atoms with Crippen LogP contribution < -0.4 is 14.8 Å². The van der Waals surface area contributed by atoms with Gasteiger partial charge in [-0.1, -0.05) is 20.1 Å². The zero-order valence-corrected chi connectivity index (χ0v) is 16.9. The van der Waals surface area contributed by atoms with Crippen LogP contribution in [0.25, 0.3) is 5.70 Å². The molecule has 0 saturated carbocycles. The highest BCUT2D eigenvalue weighted by Gasteiger charge is 2.10. The highest BCUT2D eigenvalue weighted by atomic mass is 16.5. The number of allylic oxidation sites excluding steroid dienone is 1. The van der Waals surface area contributed by atoms with E-state index in [4.69, 9.17) is 14.6 Å². The number of nitrogens with zero attached hydrogens (tertiary/aromatic N) is 3. The zero-order chi connectivity index (χ0) is 21.1. The summed E-state index contributed by atoms with van der Waals surface area (Å²) in [4.78, 5) is 12.8. The molecular weight excluding hydrogens is 380 g/mol. The predicted octanol–water partition coefficient (Wildman–Crippen LogP) is 4.77. The third-order valence-electron chi connectivity index (χ3n) is 3.70. The second-order valence-corrected chi connectivity index (χ2v) is 5.78. The third kappa shape index (κ3) is 7.18. The van der Waals surface area contributed by atoms with Crippen molar-refractivity contribution in [2.75, 3.05) is 20.3 Å². The van der Waals surface area contributed by atoms with Gasteiger partial charge in [-0.3, -0.25) is 9.98 Å². The maximum Gasteiger partial charge on any atom is 0.219 e. The van der Waals surface area contributed by atoms with E-state index in [1.807, 2.05) is 44.2 Å². The first-order valence-electron chi connectivity index (χ1n) is 9.17. The van der Waals surface area contributed by atoms with Gasteiger partial charge in [0.2, 0.25) is 5.88 Å². The summed E-state index contributed by atoms with van der Waals surface area (Å²) in [6, 6.07) is 8.95. The van der Waals surface area contributed by atoms with Crippen molar-refractivity contribution in [3.63, 3.8) is 0 Å². The predicted molar refractivity (Wildman–Crippen MR) is 124 cm³/mol. The Labute approximate surface area is 178 Å². The molecular formula is C23H30N4O3. The SMILES string of the molecule is C.C=C(NC(/C=C\C)=NC)c1cc(Oc2ccc(OCCO)cn2)ccc1N=CC. The number of benzene rings is 1. The molecule has 1 heterocycles. The first-order chi connectivity index (χ1) is 14.1. The van der Waals surface area contributed by atoms with Crippen molar-refractivity contribution in [1.29, 1.82) is 0 Å². The van der Waals surface area contributed by atoms with Crippen LogP contribution in [0.5, 0.6) is 17.4 Å². The molecule has 2 aromatic rings. The maximum atomic E-state index is 8.81. The molecule has 0 amide bonds. The van der Waals surface area contributed by atoms with E-state index in [0.29, 0.717) is 28.9 Å². The van der Waals surface area contributed by atoms with E-state index in [2.05, 4.69) is 26.9 Å². The highest BCUT2D eigenvalue weighted by molar-refractivity contribution is 5.99. The van der Waals surface area contributed by atoms with Crippen LogP contribution in [-0.2, 0) is 0 Å². The number of aliphatic hydroxyl groups excluding tert-OH is 1. The molecule has 160 valence electrons. The smallest absolute Gasteiger partial charge is 0.219 e. The molecule has 7 heteroatoms. The summed E-state index contributed by atoms with van der Waals surface area (Å²) < 4.78 is 11.2. The number of rotatable bonds is 9. The Morgan fingerprint density at radius 1 is 1.23 bits per heavy atom. The molecule has 0 radical (unpaired) electrons. The van der Waals surface area contributed by atoms with Crippen molar-refractivity contribution < 1.29 is 14.6 Å². The number of ether oxygens (including phenoxy) is 2. The lowest BCUT2D eigenvalue weighted by Crippen LogP contribution is -2.19. The van der Waals surface area contributed by atoms with Gasteiger partial charge < -0.3 is 19.9 Å². The summed E-state index contributed by atoms with van der Waals surface area (Å²) >= 11 is 0. The first kappa shape index (κ1) is 24.6. The largest absolute Gasteiger partial charge is 0.490 e. The van der Waals surface area contributed by atoms with Crippen LogP contribution in [0.3, 0.4) is 0 Å². The van der Waals surface area contributed by atoms with E-state index in [0.717, 1.165) is 11.3 Å². The summed E-state index contributed by atoms with van der Waals surface area (Å²) in [5, 5.41) is 12.0. The fourth-order valence-electron chi connectivity index (χ4n) is 2.42. The second kappa shape index (κ2) is 12.9. The maximum absolute atomic E-state index is 8.81. The van der Waals surface area contributed by atoms with E-state index in [-0.39, 0.29) is 20.6 Å². The van der Waals surface area contributed by atoms with Crippen LogP contribution in [0.15, 0.2) is 65.2 Å². The number of aromatic nitrogens is 1. The van der Waals surface area contributed by atoms with E-state index in [1.165, 1.54) is 0 Å². The molecule has 0 aliphatic rings. The van der Waals surface area contributed by atoms with Crippen molar-refractivity contribution in [2.24, 2.45) is 9.98 Å². The fraction of sp³-hybridized carbons (Fsp3) is 0.261. The minimum Gasteiger partial charge on any atom is -0.490 e. The van der Waals surface area contributed by atoms with Crippen molar-refractivity contribution in [3.8, 4) is 17.4 Å². The molecule has 2 N–H and O–H groups in total. The number of aliphatic hydroxyl groups is 1. The second-order valence-electron chi connectivity index (χ2n) is 5.78. The molecule has 30 heavy (non-hydrogen) atoms. The number of pyridine rings is 1. The van der Waals surface area contributed by atoms with Gasteiger partial charge in [0, 0.05) is 30.6 Å². The van der Waals surface area contributed by atoms with Gasteiger partial charge in [-0.15, -0.1) is 0 Å². The van der Waals surface area contributed by atoms with Gasteiger partial charge in [-0.05, 0) is 44.2 Å². The molecule has 0 fully saturated rings. The van der Waals surface area contributed by atoms with Gasteiger partial charge in [-0.25, -0.2) is 4.98 Å². The Kier molecular flexibility index (Phi) is 10.6. The number of hydrogen-bond acceptors (Lipinski definition) is 6. The third-order valence-corrected chi connectivity index (χ3v) is 3.70.